The number of methoxy groups -OCH3 is 2. The van der Waals surface area contributed by atoms with Gasteiger partial charge in [-0.3, -0.25) is 4.79 Å². The van der Waals surface area contributed by atoms with Gasteiger partial charge in [0, 0.05) is 31.3 Å². The van der Waals surface area contributed by atoms with E-state index in [4.69, 9.17) is 9.47 Å². The summed E-state index contributed by atoms with van der Waals surface area (Å²) >= 11 is 0. The lowest BCUT2D eigenvalue weighted by Crippen LogP contribution is -2.24. The molecule has 144 valence electrons. The maximum atomic E-state index is 12.3. The zero-order valence-electron chi connectivity index (χ0n) is 15.3. The van der Waals surface area contributed by atoms with Crippen molar-refractivity contribution in [2.45, 2.75) is 13.2 Å². The largest absolute Gasteiger partial charge is 0.497 e. The molecule has 2 aromatic carbocycles. The van der Waals surface area contributed by atoms with Crippen molar-refractivity contribution in [1.29, 1.82) is 0 Å². The zero-order chi connectivity index (χ0) is 19.8. The molecule has 0 aliphatic rings. The lowest BCUT2D eigenvalue weighted by molar-refractivity contribution is -0.125. The number of nitrogens with zero attached hydrogens (tertiary/aromatic N) is 1. The highest BCUT2D eigenvalue weighted by Crippen LogP contribution is 2.25. The molecule has 2 aromatic rings. The van der Waals surface area contributed by atoms with Crippen LogP contribution in [-0.2, 0) is 11.3 Å². The monoisotopic (exact) mass is 377 g/mol. The molecule has 27 heavy (non-hydrogen) atoms. The first-order valence-electron chi connectivity index (χ1n) is 8.12. The number of alkyl halides is 2. The predicted molar refractivity (Wildman–Crippen MR) is 98.1 cm³/mol. The Balaban J connectivity index is 2.00. The van der Waals surface area contributed by atoms with E-state index >= 15 is 0 Å². The van der Waals surface area contributed by atoms with Gasteiger partial charge in [0.1, 0.15) is 17.2 Å². The molecule has 0 heterocycles. The van der Waals surface area contributed by atoms with E-state index in [1.807, 2.05) is 6.07 Å². The Hall–Kier alpha value is -3.09. The van der Waals surface area contributed by atoms with E-state index in [9.17, 15) is 13.6 Å². The molecule has 0 bridgehead atoms. The van der Waals surface area contributed by atoms with E-state index < -0.39 is 6.61 Å². The molecule has 0 N–H and O–H groups in total. The van der Waals surface area contributed by atoms with Crippen molar-refractivity contribution in [3.8, 4) is 17.2 Å². The lowest BCUT2D eigenvalue weighted by Gasteiger charge is -2.17. The molecule has 2 rings (SSSR count). The minimum atomic E-state index is -2.86. The third kappa shape index (κ3) is 5.99. The highest BCUT2D eigenvalue weighted by atomic mass is 19.3. The second-order valence-electron chi connectivity index (χ2n) is 5.65. The Morgan fingerprint density at radius 3 is 2.33 bits per heavy atom. The first kappa shape index (κ1) is 20.2. The molecule has 0 spiro atoms. The third-order valence-corrected chi connectivity index (χ3v) is 3.80. The van der Waals surface area contributed by atoms with Crippen LogP contribution in [0.25, 0.3) is 6.08 Å². The molecule has 0 aliphatic carbocycles. The standard InChI is InChI=1S/C20H21F2NO4/c1-23(13-15-7-10-17(25-2)12-18(15)26-3)19(24)11-6-14-4-8-16(9-5-14)27-20(21)22/h4-12,20H,13H2,1-3H3/b11-6+. The number of halogens is 2. The highest BCUT2D eigenvalue weighted by Gasteiger charge is 2.11. The van der Waals surface area contributed by atoms with Crippen LogP contribution >= 0.6 is 0 Å². The zero-order valence-corrected chi connectivity index (χ0v) is 15.3. The van der Waals surface area contributed by atoms with Gasteiger partial charge >= 0.3 is 6.61 Å². The molecule has 0 radical (unpaired) electrons. The van der Waals surface area contributed by atoms with Gasteiger partial charge in [0.25, 0.3) is 0 Å². The summed E-state index contributed by atoms with van der Waals surface area (Å²) in [6, 6.07) is 11.4. The normalized spacial score (nSPS) is 10.9. The van der Waals surface area contributed by atoms with Crippen molar-refractivity contribution in [2.75, 3.05) is 21.3 Å². The number of benzene rings is 2. The molecule has 7 heteroatoms. The van der Waals surface area contributed by atoms with Crippen LogP contribution in [0, 0.1) is 0 Å². The Morgan fingerprint density at radius 2 is 1.74 bits per heavy atom. The molecule has 0 aliphatic heterocycles. The molecule has 0 saturated carbocycles. The van der Waals surface area contributed by atoms with Gasteiger partial charge < -0.3 is 19.1 Å². The van der Waals surface area contributed by atoms with Crippen LogP contribution in [0.15, 0.2) is 48.5 Å². The summed E-state index contributed by atoms with van der Waals surface area (Å²) in [4.78, 5) is 13.8. The van der Waals surface area contributed by atoms with E-state index in [0.29, 0.717) is 23.6 Å². The Bertz CT molecular complexity index is 791. The van der Waals surface area contributed by atoms with Gasteiger partial charge in [0.2, 0.25) is 5.91 Å². The lowest BCUT2D eigenvalue weighted by atomic mass is 10.1. The molecule has 0 unspecified atom stereocenters. The van der Waals surface area contributed by atoms with Crippen LogP contribution in [0.1, 0.15) is 11.1 Å². The number of amides is 1. The molecule has 5 nitrogen and oxygen atoms in total. The maximum Gasteiger partial charge on any atom is 0.387 e. The van der Waals surface area contributed by atoms with Gasteiger partial charge in [0.15, 0.2) is 0 Å². The van der Waals surface area contributed by atoms with Crippen molar-refractivity contribution in [3.63, 3.8) is 0 Å². The molecule has 1 amide bonds. The molecular formula is C20H21F2NO4. The van der Waals surface area contributed by atoms with E-state index in [2.05, 4.69) is 4.74 Å². The second-order valence-corrected chi connectivity index (χ2v) is 5.65. The minimum absolute atomic E-state index is 0.0668. The van der Waals surface area contributed by atoms with Crippen LogP contribution < -0.4 is 14.2 Å². The fourth-order valence-corrected chi connectivity index (χ4v) is 2.37. The topological polar surface area (TPSA) is 48.0 Å². The average molecular weight is 377 g/mol. The number of carbonyl (C=O) groups is 1. The van der Waals surface area contributed by atoms with Crippen molar-refractivity contribution >= 4 is 12.0 Å². The summed E-state index contributed by atoms with van der Waals surface area (Å²) in [5.74, 6) is 1.16. The van der Waals surface area contributed by atoms with Crippen molar-refractivity contribution < 1.29 is 27.8 Å². The first-order valence-corrected chi connectivity index (χ1v) is 8.12. The Labute approximate surface area is 156 Å². The van der Waals surface area contributed by atoms with Crippen molar-refractivity contribution in [2.24, 2.45) is 0 Å². The van der Waals surface area contributed by atoms with Crippen LogP contribution in [0.2, 0.25) is 0 Å². The molecule has 0 aromatic heterocycles. The predicted octanol–water partition coefficient (Wildman–Crippen LogP) is 3.98. The Kier molecular flexibility index (Phi) is 7.16. The number of hydrogen-bond donors (Lipinski definition) is 0. The maximum absolute atomic E-state index is 12.3. The highest BCUT2D eigenvalue weighted by molar-refractivity contribution is 5.91. The van der Waals surface area contributed by atoms with E-state index in [-0.39, 0.29) is 11.7 Å². The SMILES string of the molecule is COc1ccc(CN(C)C(=O)/C=C/c2ccc(OC(F)F)cc2)c(OC)c1. The minimum Gasteiger partial charge on any atom is -0.497 e. The summed E-state index contributed by atoms with van der Waals surface area (Å²) in [5, 5.41) is 0. The van der Waals surface area contributed by atoms with Crippen LogP contribution in [0.3, 0.4) is 0 Å². The van der Waals surface area contributed by atoms with Gasteiger partial charge in [-0.15, -0.1) is 0 Å². The summed E-state index contributed by atoms with van der Waals surface area (Å²) in [7, 11) is 4.80. The van der Waals surface area contributed by atoms with Crippen LogP contribution in [-0.4, -0.2) is 38.7 Å². The number of hydrogen-bond acceptors (Lipinski definition) is 4. The van der Waals surface area contributed by atoms with Crippen molar-refractivity contribution in [3.05, 3.63) is 59.7 Å². The second kappa shape index (κ2) is 9.56. The van der Waals surface area contributed by atoms with Crippen molar-refractivity contribution in [1.82, 2.24) is 4.90 Å². The summed E-state index contributed by atoms with van der Waals surface area (Å²) < 4.78 is 39.1. The van der Waals surface area contributed by atoms with Gasteiger partial charge in [-0.05, 0) is 35.9 Å². The average Bonchev–Trinajstić information content (AvgIpc) is 2.66. The van der Waals surface area contributed by atoms with Gasteiger partial charge in [-0.25, -0.2) is 0 Å². The Morgan fingerprint density at radius 1 is 1.07 bits per heavy atom. The van der Waals surface area contributed by atoms with Gasteiger partial charge in [0.05, 0.1) is 14.2 Å². The fourth-order valence-electron chi connectivity index (χ4n) is 2.37. The fraction of sp³-hybridized carbons (Fsp3) is 0.250. The van der Waals surface area contributed by atoms with Gasteiger partial charge in [-0.1, -0.05) is 12.1 Å². The van der Waals surface area contributed by atoms with E-state index in [1.165, 1.54) is 23.1 Å². The number of likely N-dealkylation sites (N-methyl/N-ethyl adjacent to an activating group) is 1. The quantitative estimate of drug-likeness (QED) is 0.653. The summed E-state index contributed by atoms with van der Waals surface area (Å²) in [5.41, 5.74) is 1.54. The molecule has 0 atom stereocenters. The third-order valence-electron chi connectivity index (χ3n) is 3.80. The first-order chi connectivity index (χ1) is 12.9. The summed E-state index contributed by atoms with van der Waals surface area (Å²) in [6.45, 7) is -2.51. The number of carbonyl (C=O) groups excluding carboxylic acids is 1. The smallest absolute Gasteiger partial charge is 0.387 e. The number of rotatable bonds is 8. The van der Waals surface area contributed by atoms with E-state index in [1.54, 1.807) is 51.6 Å². The van der Waals surface area contributed by atoms with Crippen LogP contribution in [0.5, 0.6) is 17.2 Å². The molecular weight excluding hydrogens is 356 g/mol. The molecule has 0 saturated heterocycles. The number of ether oxygens (including phenoxy) is 3. The van der Waals surface area contributed by atoms with Crippen LogP contribution in [0.4, 0.5) is 8.78 Å². The van der Waals surface area contributed by atoms with E-state index in [0.717, 1.165) is 5.56 Å². The molecule has 0 fully saturated rings. The summed E-state index contributed by atoms with van der Waals surface area (Å²) in [6.07, 6.45) is 3.02. The van der Waals surface area contributed by atoms with Gasteiger partial charge in [-0.2, -0.15) is 8.78 Å².